The first kappa shape index (κ1) is 22.7. The third kappa shape index (κ3) is 5.61. The molecule has 1 aromatic heterocycles. The minimum atomic E-state index is -1.34. The van der Waals surface area contributed by atoms with Gasteiger partial charge in [-0.2, -0.15) is 4.98 Å². The molecule has 0 unspecified atom stereocenters. The monoisotopic (exact) mass is 445 g/mol. The van der Waals surface area contributed by atoms with Crippen molar-refractivity contribution in [1.82, 2.24) is 15.0 Å². The molecular weight excluding hydrogens is 421 g/mol. The highest BCUT2D eigenvalue weighted by atomic mass is 35.5. The summed E-state index contributed by atoms with van der Waals surface area (Å²) in [5.74, 6) is -1.13. The third-order valence-corrected chi connectivity index (χ3v) is 5.38. The van der Waals surface area contributed by atoms with Gasteiger partial charge in [-0.05, 0) is 56.4 Å². The van der Waals surface area contributed by atoms with Crippen molar-refractivity contribution in [2.45, 2.75) is 33.1 Å². The zero-order valence-corrected chi connectivity index (χ0v) is 18.3. The van der Waals surface area contributed by atoms with E-state index in [2.05, 4.69) is 28.5 Å². The molecule has 3 rings (SSSR count). The first-order valence-corrected chi connectivity index (χ1v) is 10.6. The van der Waals surface area contributed by atoms with Gasteiger partial charge in [-0.1, -0.05) is 36.3 Å². The van der Waals surface area contributed by atoms with Gasteiger partial charge in [-0.15, -0.1) is 0 Å². The normalized spacial score (nSPS) is 14.6. The van der Waals surface area contributed by atoms with E-state index < -0.39 is 17.3 Å². The summed E-state index contributed by atoms with van der Waals surface area (Å²) in [6.07, 6.45) is 7.00. The van der Waals surface area contributed by atoms with E-state index in [0.29, 0.717) is 22.1 Å². The van der Waals surface area contributed by atoms with Gasteiger partial charge in [0.05, 0.1) is 10.6 Å². The van der Waals surface area contributed by atoms with Crippen LogP contribution in [0.4, 0.5) is 4.39 Å². The lowest BCUT2D eigenvalue weighted by Crippen LogP contribution is -2.26. The molecule has 1 aliphatic rings. The summed E-state index contributed by atoms with van der Waals surface area (Å²) in [5, 5.41) is 13.3. The van der Waals surface area contributed by atoms with Crippen molar-refractivity contribution in [2.75, 3.05) is 13.1 Å². The van der Waals surface area contributed by atoms with Crippen LogP contribution < -0.4 is 0 Å². The Morgan fingerprint density at radius 3 is 2.77 bits per heavy atom. The van der Waals surface area contributed by atoms with Gasteiger partial charge in [0.1, 0.15) is 5.82 Å². The van der Waals surface area contributed by atoms with Crippen molar-refractivity contribution in [3.05, 3.63) is 64.9 Å². The van der Waals surface area contributed by atoms with Gasteiger partial charge in [-0.25, -0.2) is 9.18 Å². The quantitative estimate of drug-likeness (QED) is 0.470. The van der Waals surface area contributed by atoms with Crippen molar-refractivity contribution in [2.24, 2.45) is 5.92 Å². The van der Waals surface area contributed by atoms with Gasteiger partial charge in [0.2, 0.25) is 5.82 Å². The molecule has 0 amide bonds. The summed E-state index contributed by atoms with van der Waals surface area (Å²) in [7, 11) is 0. The van der Waals surface area contributed by atoms with E-state index in [-0.39, 0.29) is 11.7 Å². The first-order chi connectivity index (χ1) is 14.8. The van der Waals surface area contributed by atoms with Crippen LogP contribution in [-0.2, 0) is 0 Å². The van der Waals surface area contributed by atoms with E-state index in [1.807, 2.05) is 6.92 Å². The SMILES string of the molecule is C=C(/C(Cl)=C\C(=C/C)c1nc(-c2ccc(C(=O)O)c(F)c2)no1)N(CCC)CC1CC1. The van der Waals surface area contributed by atoms with Crippen LogP contribution in [0.1, 0.15) is 49.4 Å². The van der Waals surface area contributed by atoms with E-state index in [4.69, 9.17) is 21.2 Å². The lowest BCUT2D eigenvalue weighted by molar-refractivity contribution is 0.0692. The number of hydrogen-bond donors (Lipinski definition) is 1. The number of carboxylic acid groups (broad SMARTS) is 1. The highest BCUT2D eigenvalue weighted by molar-refractivity contribution is 6.32. The second-order valence-electron chi connectivity index (χ2n) is 7.50. The molecule has 8 heteroatoms. The number of nitrogens with zero attached hydrogens (tertiary/aromatic N) is 3. The Morgan fingerprint density at radius 1 is 1.45 bits per heavy atom. The fourth-order valence-electron chi connectivity index (χ4n) is 3.14. The van der Waals surface area contributed by atoms with E-state index in [1.165, 1.54) is 25.0 Å². The van der Waals surface area contributed by atoms with Crippen molar-refractivity contribution in [3.8, 4) is 11.4 Å². The number of carboxylic acids is 1. The maximum atomic E-state index is 14.0. The fourth-order valence-corrected chi connectivity index (χ4v) is 3.38. The number of rotatable bonds is 10. The molecule has 0 saturated heterocycles. The molecule has 1 heterocycles. The summed E-state index contributed by atoms with van der Waals surface area (Å²) >= 11 is 6.56. The number of halogens is 2. The zero-order valence-electron chi connectivity index (χ0n) is 17.6. The summed E-state index contributed by atoms with van der Waals surface area (Å²) in [5.41, 5.74) is 1.25. The topological polar surface area (TPSA) is 79.5 Å². The van der Waals surface area contributed by atoms with Gasteiger partial charge in [0.15, 0.2) is 0 Å². The Labute approximate surface area is 185 Å². The lowest BCUT2D eigenvalue weighted by Gasteiger charge is -2.26. The number of aromatic nitrogens is 2. The van der Waals surface area contributed by atoms with E-state index in [9.17, 15) is 9.18 Å². The molecule has 0 radical (unpaired) electrons. The van der Waals surface area contributed by atoms with E-state index in [1.54, 1.807) is 12.2 Å². The minimum Gasteiger partial charge on any atom is -0.478 e. The van der Waals surface area contributed by atoms with Crippen LogP contribution in [-0.4, -0.2) is 39.2 Å². The second kappa shape index (κ2) is 9.92. The molecule has 0 aliphatic heterocycles. The number of allylic oxidation sites excluding steroid dienone is 4. The third-order valence-electron chi connectivity index (χ3n) is 5.05. The Balaban J connectivity index is 1.80. The van der Waals surface area contributed by atoms with Gasteiger partial charge < -0.3 is 14.5 Å². The molecule has 0 spiro atoms. The Hall–Kier alpha value is -2.93. The molecule has 1 aliphatic carbocycles. The van der Waals surface area contributed by atoms with Crippen molar-refractivity contribution in [3.63, 3.8) is 0 Å². The molecule has 1 N–H and O–H groups in total. The largest absolute Gasteiger partial charge is 0.478 e. The molecule has 1 saturated carbocycles. The summed E-state index contributed by atoms with van der Waals surface area (Å²) < 4.78 is 19.3. The molecule has 164 valence electrons. The van der Waals surface area contributed by atoms with Crippen LogP contribution in [0.3, 0.4) is 0 Å². The predicted molar refractivity (Wildman–Crippen MR) is 118 cm³/mol. The van der Waals surface area contributed by atoms with Crippen LogP contribution in [0, 0.1) is 11.7 Å². The average Bonchev–Trinajstić information content (AvgIpc) is 3.43. The average molecular weight is 446 g/mol. The predicted octanol–water partition coefficient (Wildman–Crippen LogP) is 5.74. The zero-order chi connectivity index (χ0) is 22.5. The number of hydrogen-bond acceptors (Lipinski definition) is 5. The maximum absolute atomic E-state index is 14.0. The maximum Gasteiger partial charge on any atom is 0.338 e. The highest BCUT2D eigenvalue weighted by Crippen LogP contribution is 2.33. The van der Waals surface area contributed by atoms with Gasteiger partial charge in [0.25, 0.3) is 5.89 Å². The summed E-state index contributed by atoms with van der Waals surface area (Å²) in [6, 6.07) is 3.67. The summed E-state index contributed by atoms with van der Waals surface area (Å²) in [4.78, 5) is 17.5. The Kier molecular flexibility index (Phi) is 7.28. The van der Waals surface area contributed by atoms with Gasteiger partial charge >= 0.3 is 5.97 Å². The number of aromatic carboxylic acids is 1. The second-order valence-corrected chi connectivity index (χ2v) is 7.90. The summed E-state index contributed by atoms with van der Waals surface area (Å²) in [6.45, 7) is 9.93. The number of carbonyl (C=O) groups is 1. The van der Waals surface area contributed by atoms with Crippen LogP contribution in [0.5, 0.6) is 0 Å². The Bertz CT molecular complexity index is 1040. The Morgan fingerprint density at radius 2 is 2.19 bits per heavy atom. The van der Waals surface area contributed by atoms with Crippen LogP contribution in [0.25, 0.3) is 17.0 Å². The van der Waals surface area contributed by atoms with Gasteiger partial charge in [0, 0.05) is 29.9 Å². The van der Waals surface area contributed by atoms with Crippen LogP contribution in [0.2, 0.25) is 0 Å². The standard InChI is InChI=1S/C23H25ClFN3O3/c1-4-10-28(13-15-6-7-15)14(3)19(24)11-16(5-2)22-26-21(27-31-22)17-8-9-18(23(29)30)20(25)12-17/h5,8-9,11-12,15H,3-4,6-7,10,13H2,1-2H3,(H,29,30)/b16-5+,19-11+. The molecule has 6 nitrogen and oxygen atoms in total. The van der Waals surface area contributed by atoms with Crippen molar-refractivity contribution >= 4 is 23.1 Å². The molecular formula is C23H25ClFN3O3. The smallest absolute Gasteiger partial charge is 0.338 e. The first-order valence-electron chi connectivity index (χ1n) is 10.2. The molecule has 0 bridgehead atoms. The van der Waals surface area contributed by atoms with E-state index >= 15 is 0 Å². The number of benzene rings is 1. The van der Waals surface area contributed by atoms with Gasteiger partial charge in [-0.3, -0.25) is 0 Å². The molecule has 31 heavy (non-hydrogen) atoms. The lowest BCUT2D eigenvalue weighted by atomic mass is 10.1. The van der Waals surface area contributed by atoms with Crippen molar-refractivity contribution < 1.29 is 18.8 Å². The van der Waals surface area contributed by atoms with E-state index in [0.717, 1.165) is 31.3 Å². The molecule has 0 atom stereocenters. The minimum absolute atomic E-state index is 0.148. The van der Waals surface area contributed by atoms with Crippen molar-refractivity contribution in [1.29, 1.82) is 0 Å². The molecule has 2 aromatic rings. The fraction of sp³-hybridized carbons (Fsp3) is 0.348. The molecule has 1 fully saturated rings. The molecule has 1 aromatic carbocycles. The van der Waals surface area contributed by atoms with Crippen LogP contribution in [0.15, 0.2) is 52.2 Å². The van der Waals surface area contributed by atoms with Crippen LogP contribution >= 0.6 is 11.6 Å². The highest BCUT2D eigenvalue weighted by Gasteiger charge is 2.25.